The molecule has 0 heterocycles. The topological polar surface area (TPSA) is 21.3 Å². The second-order valence-corrected chi connectivity index (χ2v) is 5.21. The van der Waals surface area contributed by atoms with Crippen LogP contribution in [0.3, 0.4) is 0 Å². The molecule has 2 aromatic rings. The first kappa shape index (κ1) is 18.1. The van der Waals surface area contributed by atoms with E-state index in [0.717, 1.165) is 35.0 Å². The molecule has 2 nitrogen and oxygen atoms in total. The minimum atomic E-state index is 0. The zero-order chi connectivity index (χ0) is 14.4. The van der Waals surface area contributed by atoms with E-state index in [2.05, 4.69) is 5.32 Å². The Bertz CT molecular complexity index is 575. The molecule has 1 N–H and O–H groups in total. The van der Waals surface area contributed by atoms with Crippen molar-refractivity contribution >= 4 is 35.6 Å². The van der Waals surface area contributed by atoms with Crippen LogP contribution in [0.2, 0.25) is 10.0 Å². The molecule has 5 heteroatoms. The van der Waals surface area contributed by atoms with Crippen LogP contribution in [0, 0.1) is 0 Å². The van der Waals surface area contributed by atoms with E-state index in [1.165, 1.54) is 0 Å². The summed E-state index contributed by atoms with van der Waals surface area (Å²) in [5.41, 5.74) is 2.21. The molecule has 0 bridgehead atoms. The number of nitrogens with one attached hydrogen (secondary N) is 1. The first-order valence-corrected chi connectivity index (χ1v) is 7.31. The highest BCUT2D eigenvalue weighted by atomic mass is 35.5. The third-order valence-corrected chi connectivity index (χ3v) is 3.56. The number of hydrogen-bond acceptors (Lipinski definition) is 2. The number of rotatable bonds is 6. The Kier molecular flexibility index (Phi) is 7.91. The highest BCUT2D eigenvalue weighted by Crippen LogP contribution is 2.25. The van der Waals surface area contributed by atoms with Gasteiger partial charge in [-0.2, -0.15) is 0 Å². The van der Waals surface area contributed by atoms with Crippen LogP contribution in [0.5, 0.6) is 5.75 Å². The molecule has 21 heavy (non-hydrogen) atoms. The number of halogens is 3. The molecule has 0 saturated heterocycles. The smallest absolute Gasteiger partial charge is 0.137 e. The lowest BCUT2D eigenvalue weighted by molar-refractivity contribution is 0.340. The molecule has 0 amide bonds. The minimum absolute atomic E-state index is 0. The second kappa shape index (κ2) is 9.16. The predicted molar refractivity (Wildman–Crippen MR) is 91.9 cm³/mol. The molecule has 0 aliphatic heterocycles. The molecule has 114 valence electrons. The maximum atomic E-state index is 6.16. The monoisotopic (exact) mass is 345 g/mol. The molecule has 0 aliphatic carbocycles. The highest BCUT2D eigenvalue weighted by molar-refractivity contribution is 6.32. The van der Waals surface area contributed by atoms with Crippen LogP contribution >= 0.6 is 35.6 Å². The summed E-state index contributed by atoms with van der Waals surface area (Å²) < 4.78 is 5.41. The lowest BCUT2D eigenvalue weighted by Gasteiger charge is -2.09. The highest BCUT2D eigenvalue weighted by Gasteiger charge is 2.03. The van der Waals surface area contributed by atoms with Crippen molar-refractivity contribution in [3.63, 3.8) is 0 Å². The maximum Gasteiger partial charge on any atom is 0.137 e. The Morgan fingerprint density at radius 3 is 2.43 bits per heavy atom. The predicted octanol–water partition coefficient (Wildman–Crippen LogP) is 5.10. The van der Waals surface area contributed by atoms with Gasteiger partial charge in [0.05, 0.1) is 11.6 Å². The molecule has 2 aromatic carbocycles. The number of ether oxygens (including phenoxy) is 1. The summed E-state index contributed by atoms with van der Waals surface area (Å²) in [7, 11) is 0. The van der Waals surface area contributed by atoms with E-state index in [-0.39, 0.29) is 12.4 Å². The van der Waals surface area contributed by atoms with Gasteiger partial charge in [0, 0.05) is 18.1 Å². The van der Waals surface area contributed by atoms with Gasteiger partial charge in [-0.15, -0.1) is 12.4 Å². The van der Waals surface area contributed by atoms with E-state index >= 15 is 0 Å². The van der Waals surface area contributed by atoms with Crippen molar-refractivity contribution in [3.8, 4) is 5.75 Å². The van der Waals surface area contributed by atoms with Crippen molar-refractivity contribution in [1.82, 2.24) is 5.32 Å². The third kappa shape index (κ3) is 5.40. The lowest BCUT2D eigenvalue weighted by atomic mass is 10.2. The molecule has 0 unspecified atom stereocenters. The van der Waals surface area contributed by atoms with Crippen LogP contribution in [0.15, 0.2) is 42.5 Å². The van der Waals surface area contributed by atoms with E-state index in [1.807, 2.05) is 49.4 Å². The quantitative estimate of drug-likeness (QED) is 0.785. The Balaban J connectivity index is 0.00000220. The van der Waals surface area contributed by atoms with Gasteiger partial charge in [0.25, 0.3) is 0 Å². The Hall–Kier alpha value is -0.930. The Labute approximate surface area is 141 Å². The van der Waals surface area contributed by atoms with E-state index in [4.69, 9.17) is 27.9 Å². The van der Waals surface area contributed by atoms with Gasteiger partial charge in [0.1, 0.15) is 5.75 Å². The molecule has 0 saturated carbocycles. The average Bonchev–Trinajstić information content (AvgIpc) is 2.44. The van der Waals surface area contributed by atoms with E-state index in [9.17, 15) is 0 Å². The molecular weight excluding hydrogens is 329 g/mol. The summed E-state index contributed by atoms with van der Waals surface area (Å²) in [5.74, 6) is 0.726. The summed E-state index contributed by atoms with van der Waals surface area (Å²) in [4.78, 5) is 0. The first-order chi connectivity index (χ1) is 9.70. The van der Waals surface area contributed by atoms with Crippen LogP contribution in [0.25, 0.3) is 0 Å². The van der Waals surface area contributed by atoms with Crippen molar-refractivity contribution in [3.05, 3.63) is 63.6 Å². The van der Waals surface area contributed by atoms with Crippen molar-refractivity contribution in [1.29, 1.82) is 0 Å². The second-order valence-electron chi connectivity index (χ2n) is 4.39. The zero-order valence-electron chi connectivity index (χ0n) is 11.7. The summed E-state index contributed by atoms with van der Waals surface area (Å²) in [6, 6.07) is 13.7. The summed E-state index contributed by atoms with van der Waals surface area (Å²) in [5, 5.41) is 4.78. The SMILES string of the molecule is CCOc1ccc(CNCc2ccccc2Cl)cc1Cl.Cl. The van der Waals surface area contributed by atoms with Gasteiger partial charge < -0.3 is 10.1 Å². The molecule has 2 rings (SSSR count). The molecule has 0 aromatic heterocycles. The zero-order valence-corrected chi connectivity index (χ0v) is 14.1. The summed E-state index contributed by atoms with van der Waals surface area (Å²) >= 11 is 12.3. The van der Waals surface area contributed by atoms with Crippen molar-refractivity contribution in [2.45, 2.75) is 20.0 Å². The third-order valence-electron chi connectivity index (χ3n) is 2.90. The van der Waals surface area contributed by atoms with Gasteiger partial charge in [0.15, 0.2) is 0 Å². The van der Waals surface area contributed by atoms with Crippen molar-refractivity contribution < 1.29 is 4.74 Å². The maximum absolute atomic E-state index is 6.16. The summed E-state index contributed by atoms with van der Waals surface area (Å²) in [6.07, 6.45) is 0. The van der Waals surface area contributed by atoms with Gasteiger partial charge in [-0.05, 0) is 36.2 Å². The largest absolute Gasteiger partial charge is 0.492 e. The van der Waals surface area contributed by atoms with E-state index in [1.54, 1.807) is 0 Å². The molecule has 0 atom stereocenters. The Morgan fingerprint density at radius 2 is 1.76 bits per heavy atom. The average molecular weight is 347 g/mol. The Morgan fingerprint density at radius 1 is 1.00 bits per heavy atom. The normalized spacial score (nSPS) is 10.0. The number of benzene rings is 2. The first-order valence-electron chi connectivity index (χ1n) is 6.56. The van der Waals surface area contributed by atoms with Gasteiger partial charge >= 0.3 is 0 Å². The van der Waals surface area contributed by atoms with Crippen LogP contribution in [0.1, 0.15) is 18.1 Å². The van der Waals surface area contributed by atoms with Gasteiger partial charge in [-0.1, -0.05) is 47.5 Å². The standard InChI is InChI=1S/C16H17Cl2NO.ClH/c1-2-20-16-8-7-12(9-15(16)18)10-19-11-13-5-3-4-6-14(13)17;/h3-9,19H,2,10-11H2,1H3;1H. The fraction of sp³-hybridized carbons (Fsp3) is 0.250. The van der Waals surface area contributed by atoms with E-state index < -0.39 is 0 Å². The van der Waals surface area contributed by atoms with Crippen molar-refractivity contribution in [2.75, 3.05) is 6.61 Å². The molecule has 0 radical (unpaired) electrons. The van der Waals surface area contributed by atoms with Gasteiger partial charge in [0.2, 0.25) is 0 Å². The molecule has 0 aliphatic rings. The van der Waals surface area contributed by atoms with Gasteiger partial charge in [-0.3, -0.25) is 0 Å². The van der Waals surface area contributed by atoms with Crippen LogP contribution in [-0.2, 0) is 13.1 Å². The molecular formula is C16H18Cl3NO. The molecule has 0 fully saturated rings. The fourth-order valence-corrected chi connectivity index (χ4v) is 2.37. The van der Waals surface area contributed by atoms with Crippen LogP contribution < -0.4 is 10.1 Å². The molecule has 0 spiro atoms. The summed E-state index contributed by atoms with van der Waals surface area (Å²) in [6.45, 7) is 4.01. The minimum Gasteiger partial charge on any atom is -0.492 e. The lowest BCUT2D eigenvalue weighted by Crippen LogP contribution is -2.13. The fourth-order valence-electron chi connectivity index (χ4n) is 1.91. The van der Waals surface area contributed by atoms with Gasteiger partial charge in [-0.25, -0.2) is 0 Å². The van der Waals surface area contributed by atoms with E-state index in [0.29, 0.717) is 11.6 Å². The van der Waals surface area contributed by atoms with Crippen LogP contribution in [0.4, 0.5) is 0 Å². The van der Waals surface area contributed by atoms with Crippen molar-refractivity contribution in [2.24, 2.45) is 0 Å². The number of hydrogen-bond donors (Lipinski definition) is 1. The van der Waals surface area contributed by atoms with Crippen LogP contribution in [-0.4, -0.2) is 6.61 Å².